The molecule has 1 atom stereocenters. The van der Waals surface area contributed by atoms with Crippen molar-refractivity contribution in [2.75, 3.05) is 7.11 Å². The predicted molar refractivity (Wildman–Crippen MR) is 139 cm³/mol. The highest BCUT2D eigenvalue weighted by Gasteiger charge is 2.55. The van der Waals surface area contributed by atoms with Gasteiger partial charge in [0.1, 0.15) is 11.4 Å². The normalized spacial score (nSPS) is 19.0. The summed E-state index contributed by atoms with van der Waals surface area (Å²) in [7, 11) is -0.919. The highest BCUT2D eigenvalue weighted by molar-refractivity contribution is 9.10. The van der Waals surface area contributed by atoms with Gasteiger partial charge >= 0.3 is 8.32 Å². The van der Waals surface area contributed by atoms with Crippen LogP contribution in [-0.4, -0.2) is 15.4 Å². The molecule has 0 radical (unpaired) electrons. The first-order valence-corrected chi connectivity index (χ1v) is 13.9. The van der Waals surface area contributed by atoms with Crippen LogP contribution in [0, 0.1) is 0 Å². The number of benzene rings is 3. The molecule has 3 aromatic carbocycles. The Bertz CT molecular complexity index is 1030. The van der Waals surface area contributed by atoms with Gasteiger partial charge in [-0.25, -0.2) is 0 Å². The number of rotatable bonds is 6. The van der Waals surface area contributed by atoms with Crippen LogP contribution < -0.4 is 10.4 Å². The van der Waals surface area contributed by atoms with E-state index in [-0.39, 0.29) is 5.04 Å². The first-order valence-electron chi connectivity index (χ1n) is 11.2. The fourth-order valence-electron chi connectivity index (χ4n) is 4.96. The van der Waals surface area contributed by atoms with E-state index in [0.29, 0.717) is 0 Å². The Morgan fingerprint density at radius 1 is 0.812 bits per heavy atom. The van der Waals surface area contributed by atoms with Gasteiger partial charge in [0.25, 0.3) is 0 Å². The Kier molecular flexibility index (Phi) is 6.48. The van der Waals surface area contributed by atoms with Crippen molar-refractivity contribution < 1.29 is 9.16 Å². The summed E-state index contributed by atoms with van der Waals surface area (Å²) >= 11 is 3.56. The van der Waals surface area contributed by atoms with Crippen LogP contribution in [0.3, 0.4) is 0 Å². The molecule has 0 heterocycles. The maximum atomic E-state index is 7.39. The lowest BCUT2D eigenvalue weighted by molar-refractivity contribution is -0.00870. The molecule has 1 unspecified atom stereocenters. The molecular formula is C28H31BrO2Si. The van der Waals surface area contributed by atoms with Crippen LogP contribution in [0.25, 0.3) is 0 Å². The summed E-state index contributed by atoms with van der Waals surface area (Å²) < 4.78 is 14.7. The van der Waals surface area contributed by atoms with E-state index < -0.39 is 13.9 Å². The topological polar surface area (TPSA) is 18.5 Å². The molecule has 0 fully saturated rings. The average molecular weight is 508 g/mol. The van der Waals surface area contributed by atoms with Gasteiger partial charge in [0.15, 0.2) is 0 Å². The molecule has 0 bridgehead atoms. The van der Waals surface area contributed by atoms with Gasteiger partial charge in [0.05, 0.1) is 0 Å². The van der Waals surface area contributed by atoms with Crippen molar-refractivity contribution >= 4 is 34.6 Å². The minimum absolute atomic E-state index is 0.0989. The number of hydrogen-bond acceptors (Lipinski definition) is 2. The molecule has 0 spiro atoms. The van der Waals surface area contributed by atoms with E-state index in [1.54, 1.807) is 7.11 Å². The van der Waals surface area contributed by atoms with E-state index in [4.69, 9.17) is 9.16 Å². The maximum Gasteiger partial charge on any atom is 0.319 e. The van der Waals surface area contributed by atoms with E-state index in [1.807, 2.05) is 0 Å². The smallest absolute Gasteiger partial charge is 0.319 e. The zero-order chi connectivity index (χ0) is 22.8. The Hall–Kier alpha value is -2.14. The first kappa shape index (κ1) is 23.0. The van der Waals surface area contributed by atoms with Crippen molar-refractivity contribution in [3.63, 3.8) is 0 Å². The van der Waals surface area contributed by atoms with Crippen LogP contribution in [0.2, 0.25) is 5.04 Å². The number of methoxy groups -OCH3 is 1. The Morgan fingerprint density at radius 3 is 1.81 bits per heavy atom. The molecule has 4 heteroatoms. The lowest BCUT2D eigenvalue weighted by Crippen LogP contribution is -2.67. The number of ether oxygens (including phenoxy) is 1. The molecule has 166 valence electrons. The highest BCUT2D eigenvalue weighted by atomic mass is 79.9. The monoisotopic (exact) mass is 506 g/mol. The summed E-state index contributed by atoms with van der Waals surface area (Å²) in [5, 5.41) is 2.44. The average Bonchev–Trinajstić information content (AvgIpc) is 3.21. The number of halogens is 1. The summed E-state index contributed by atoms with van der Waals surface area (Å²) in [6.07, 6.45) is 4.04. The van der Waals surface area contributed by atoms with Gasteiger partial charge in [0, 0.05) is 11.6 Å². The standard InChI is InChI=1S/C28H31BrO2Si/c1-27(2,3)32(24-12-7-5-8-13-24,25-14-9-6-10-15-25)31-26-16-11-21-28(26,30-4)22-17-19-23(29)20-18-22/h5-10,12-20H,11,21H2,1-4H3. The molecule has 0 aromatic heterocycles. The molecule has 1 aliphatic rings. The van der Waals surface area contributed by atoms with Crippen LogP contribution in [0.1, 0.15) is 39.2 Å². The second-order valence-corrected chi connectivity index (χ2v) is 14.5. The summed E-state index contributed by atoms with van der Waals surface area (Å²) in [4.78, 5) is 0. The predicted octanol–water partition coefficient (Wildman–Crippen LogP) is 6.55. The highest BCUT2D eigenvalue weighted by Crippen LogP contribution is 2.47. The molecular weight excluding hydrogens is 476 g/mol. The largest absolute Gasteiger partial charge is 0.535 e. The fraction of sp³-hybridized carbons (Fsp3) is 0.286. The van der Waals surface area contributed by atoms with E-state index in [0.717, 1.165) is 28.6 Å². The number of allylic oxidation sites excluding steroid dienone is 1. The zero-order valence-electron chi connectivity index (χ0n) is 19.3. The molecule has 0 saturated carbocycles. The van der Waals surface area contributed by atoms with Gasteiger partial charge in [0.2, 0.25) is 0 Å². The second kappa shape index (κ2) is 9.01. The number of hydrogen-bond donors (Lipinski definition) is 0. The lowest BCUT2D eigenvalue weighted by Gasteiger charge is -2.46. The fourth-order valence-corrected chi connectivity index (χ4v) is 9.73. The van der Waals surface area contributed by atoms with Crippen molar-refractivity contribution in [1.29, 1.82) is 0 Å². The van der Waals surface area contributed by atoms with Gasteiger partial charge in [-0.05, 0) is 52.0 Å². The third-order valence-corrected chi connectivity index (χ3v) is 12.0. The lowest BCUT2D eigenvalue weighted by atomic mass is 9.92. The van der Waals surface area contributed by atoms with E-state index in [9.17, 15) is 0 Å². The molecule has 3 aromatic rings. The third kappa shape index (κ3) is 3.89. The second-order valence-electron chi connectivity index (χ2n) is 9.41. The Morgan fingerprint density at radius 2 is 1.34 bits per heavy atom. The van der Waals surface area contributed by atoms with Crippen molar-refractivity contribution in [3.05, 3.63) is 107 Å². The Balaban J connectivity index is 1.90. The van der Waals surface area contributed by atoms with Crippen molar-refractivity contribution in [2.45, 2.75) is 44.3 Å². The first-order chi connectivity index (χ1) is 15.3. The molecule has 0 N–H and O–H groups in total. The van der Waals surface area contributed by atoms with Gasteiger partial charge in [-0.2, -0.15) is 0 Å². The molecule has 0 saturated heterocycles. The quantitative estimate of drug-likeness (QED) is 0.353. The SMILES string of the molecule is COC1(c2ccc(Br)cc2)CCC=C1O[Si](c1ccccc1)(c1ccccc1)C(C)(C)C. The van der Waals surface area contributed by atoms with Crippen LogP contribution in [-0.2, 0) is 14.8 Å². The molecule has 0 aliphatic heterocycles. The molecule has 2 nitrogen and oxygen atoms in total. The van der Waals surface area contributed by atoms with Gasteiger partial charge < -0.3 is 9.16 Å². The Labute approximate surface area is 201 Å². The van der Waals surface area contributed by atoms with Crippen molar-refractivity contribution in [1.82, 2.24) is 0 Å². The summed E-state index contributed by atoms with van der Waals surface area (Å²) in [6, 6.07) is 30.0. The molecule has 4 rings (SSSR count). The van der Waals surface area contributed by atoms with Gasteiger partial charge in [-0.15, -0.1) is 0 Å². The minimum atomic E-state index is -2.72. The minimum Gasteiger partial charge on any atom is -0.535 e. The molecule has 1 aliphatic carbocycles. The zero-order valence-corrected chi connectivity index (χ0v) is 21.9. The van der Waals surface area contributed by atoms with Crippen molar-refractivity contribution in [3.8, 4) is 0 Å². The van der Waals surface area contributed by atoms with E-state index >= 15 is 0 Å². The van der Waals surface area contributed by atoms with Gasteiger partial charge in [-0.3, -0.25) is 0 Å². The van der Waals surface area contributed by atoms with Gasteiger partial charge in [-0.1, -0.05) is 109 Å². The van der Waals surface area contributed by atoms with Crippen LogP contribution in [0.4, 0.5) is 0 Å². The summed E-state index contributed by atoms with van der Waals surface area (Å²) in [5.74, 6) is 0.941. The van der Waals surface area contributed by atoms with Crippen LogP contribution in [0.5, 0.6) is 0 Å². The molecule has 32 heavy (non-hydrogen) atoms. The van der Waals surface area contributed by atoms with Crippen LogP contribution >= 0.6 is 15.9 Å². The summed E-state index contributed by atoms with van der Waals surface area (Å²) in [5.41, 5.74) is 0.554. The van der Waals surface area contributed by atoms with Crippen LogP contribution in [0.15, 0.2) is 101 Å². The van der Waals surface area contributed by atoms with E-state index in [2.05, 4.69) is 128 Å². The third-order valence-electron chi connectivity index (χ3n) is 6.56. The van der Waals surface area contributed by atoms with Crippen molar-refractivity contribution in [2.24, 2.45) is 0 Å². The molecule has 0 amide bonds. The maximum absolute atomic E-state index is 7.39. The summed E-state index contributed by atoms with van der Waals surface area (Å²) in [6.45, 7) is 6.93. The van der Waals surface area contributed by atoms with E-state index in [1.165, 1.54) is 10.4 Å².